The maximum atomic E-state index is 12.4. The number of halogens is 3. The normalized spacial score (nSPS) is 11.4. The van der Waals surface area contributed by atoms with Gasteiger partial charge in [0.25, 0.3) is 0 Å². The summed E-state index contributed by atoms with van der Waals surface area (Å²) in [6.07, 6.45) is -4.51. The first-order valence-corrected chi connectivity index (χ1v) is 3.70. The van der Waals surface area contributed by atoms with Crippen molar-refractivity contribution in [3.8, 4) is 0 Å². The number of hydrogen-bond acceptors (Lipinski definition) is 1. The monoisotopic (exact) mass is 201 g/mol. The highest BCUT2D eigenvalue weighted by Crippen LogP contribution is 2.32. The molecule has 0 aromatic heterocycles. The third kappa shape index (κ3) is 2.04. The van der Waals surface area contributed by atoms with Gasteiger partial charge >= 0.3 is 6.18 Å². The molecule has 0 fully saturated rings. The fourth-order valence-corrected chi connectivity index (χ4v) is 1.06. The minimum absolute atomic E-state index is 0.238. The second kappa shape index (κ2) is 3.32. The molecule has 0 bridgehead atoms. The first-order valence-electron chi connectivity index (χ1n) is 3.70. The van der Waals surface area contributed by atoms with E-state index in [1.807, 2.05) is 0 Å². The number of rotatable bonds is 1. The first kappa shape index (κ1) is 10.6. The van der Waals surface area contributed by atoms with Crippen LogP contribution in [0.25, 0.3) is 0 Å². The smallest absolute Gasteiger partial charge is 0.384 e. The summed E-state index contributed by atoms with van der Waals surface area (Å²) in [5.74, 6) is -0.600. The summed E-state index contributed by atoms with van der Waals surface area (Å²) in [7, 11) is 0. The highest BCUT2D eigenvalue weighted by atomic mass is 19.4. The van der Waals surface area contributed by atoms with Crippen molar-refractivity contribution in [2.45, 2.75) is 6.18 Å². The van der Waals surface area contributed by atoms with Crippen LogP contribution in [0.5, 0.6) is 0 Å². The van der Waals surface area contributed by atoms with Gasteiger partial charge in [-0.2, -0.15) is 13.2 Å². The van der Waals surface area contributed by atoms with E-state index in [-0.39, 0.29) is 11.1 Å². The average Bonchev–Trinajstić information content (AvgIpc) is 2.01. The van der Waals surface area contributed by atoms with E-state index < -0.39 is 17.6 Å². The molecule has 0 atom stereocenters. The molecule has 1 aromatic carbocycles. The van der Waals surface area contributed by atoms with Crippen LogP contribution in [0, 0.1) is 12.3 Å². The van der Waals surface area contributed by atoms with Crippen LogP contribution in [0.15, 0.2) is 18.2 Å². The molecule has 0 heterocycles. The first-order chi connectivity index (χ1) is 6.32. The van der Waals surface area contributed by atoms with Gasteiger partial charge in [0.05, 0.1) is 5.56 Å². The summed E-state index contributed by atoms with van der Waals surface area (Å²) in [4.78, 5) is 0. The molecule has 0 aliphatic heterocycles. The Morgan fingerprint density at radius 3 is 2.36 bits per heavy atom. The predicted molar refractivity (Wildman–Crippen MR) is 46.9 cm³/mol. The quantitative estimate of drug-likeness (QED) is 0.531. The Balaban J connectivity index is 3.38. The molecule has 3 N–H and O–H groups in total. The van der Waals surface area contributed by atoms with E-state index in [1.54, 1.807) is 0 Å². The highest BCUT2D eigenvalue weighted by Gasteiger charge is 2.33. The second-order valence-electron chi connectivity index (χ2n) is 2.79. The van der Waals surface area contributed by atoms with Gasteiger partial charge in [-0.1, -0.05) is 12.1 Å². The molecule has 0 aliphatic carbocycles. The van der Waals surface area contributed by atoms with Gasteiger partial charge < -0.3 is 5.73 Å². The molecular formula is C9H8F3N2. The molecule has 75 valence electrons. The number of amidine groups is 1. The van der Waals surface area contributed by atoms with Gasteiger partial charge in [-0.05, 0) is 18.6 Å². The Morgan fingerprint density at radius 2 is 1.93 bits per heavy atom. The maximum Gasteiger partial charge on any atom is 0.417 e. The van der Waals surface area contributed by atoms with Crippen molar-refractivity contribution in [2.24, 2.45) is 5.73 Å². The lowest BCUT2D eigenvalue weighted by molar-refractivity contribution is -0.137. The number of nitrogen functional groups attached to an aromatic ring is 1. The van der Waals surface area contributed by atoms with E-state index in [0.717, 1.165) is 12.1 Å². The number of alkyl halides is 3. The molecule has 2 nitrogen and oxygen atoms in total. The van der Waals surface area contributed by atoms with Crippen LogP contribution in [-0.2, 0) is 6.18 Å². The van der Waals surface area contributed by atoms with Crippen LogP contribution in [-0.4, -0.2) is 5.84 Å². The zero-order valence-electron chi connectivity index (χ0n) is 7.15. The minimum Gasteiger partial charge on any atom is -0.384 e. The summed E-state index contributed by atoms with van der Waals surface area (Å²) < 4.78 is 37.2. The van der Waals surface area contributed by atoms with Gasteiger partial charge in [-0.25, -0.2) is 0 Å². The Bertz CT molecular complexity index is 369. The van der Waals surface area contributed by atoms with Crippen molar-refractivity contribution >= 4 is 5.84 Å². The van der Waals surface area contributed by atoms with Crippen LogP contribution in [0.2, 0.25) is 0 Å². The van der Waals surface area contributed by atoms with Crippen molar-refractivity contribution in [1.29, 1.82) is 5.41 Å². The molecule has 0 aliphatic rings. The fourth-order valence-electron chi connectivity index (χ4n) is 1.06. The average molecular weight is 201 g/mol. The second-order valence-corrected chi connectivity index (χ2v) is 2.79. The maximum absolute atomic E-state index is 12.4. The molecular weight excluding hydrogens is 193 g/mol. The summed E-state index contributed by atoms with van der Waals surface area (Å²) >= 11 is 0. The van der Waals surface area contributed by atoms with E-state index in [2.05, 4.69) is 6.92 Å². The van der Waals surface area contributed by atoms with E-state index >= 15 is 0 Å². The Kier molecular flexibility index (Phi) is 2.51. The molecule has 1 aromatic rings. The van der Waals surface area contributed by atoms with Crippen LogP contribution >= 0.6 is 0 Å². The molecule has 0 saturated carbocycles. The molecule has 14 heavy (non-hydrogen) atoms. The van der Waals surface area contributed by atoms with Crippen LogP contribution < -0.4 is 5.73 Å². The van der Waals surface area contributed by atoms with Gasteiger partial charge in [0.1, 0.15) is 5.84 Å². The lowest BCUT2D eigenvalue weighted by Gasteiger charge is -2.12. The zero-order valence-corrected chi connectivity index (χ0v) is 7.15. The van der Waals surface area contributed by atoms with Gasteiger partial charge in [-0.3, -0.25) is 5.41 Å². The highest BCUT2D eigenvalue weighted by molar-refractivity contribution is 5.96. The molecule has 0 unspecified atom stereocenters. The largest absolute Gasteiger partial charge is 0.417 e. The van der Waals surface area contributed by atoms with Crippen molar-refractivity contribution in [1.82, 2.24) is 0 Å². The SMILES string of the molecule is [CH2]c1ccc(C(=N)N)c(C(F)(F)F)c1. The molecule has 0 spiro atoms. The standard InChI is InChI=1S/C9H8F3N2/c1-5-2-3-6(8(13)14)7(4-5)9(10,11)12/h2-4H,1H2,(H3,13,14). The van der Waals surface area contributed by atoms with Crippen molar-refractivity contribution in [3.05, 3.63) is 41.8 Å². The Morgan fingerprint density at radius 1 is 1.36 bits per heavy atom. The molecule has 0 saturated heterocycles. The van der Waals surface area contributed by atoms with E-state index in [4.69, 9.17) is 11.1 Å². The summed E-state index contributed by atoms with van der Waals surface area (Å²) in [6, 6.07) is 3.40. The van der Waals surface area contributed by atoms with Gasteiger partial charge in [0.2, 0.25) is 0 Å². The van der Waals surface area contributed by atoms with Crippen LogP contribution in [0.1, 0.15) is 16.7 Å². The lowest BCUT2D eigenvalue weighted by atomic mass is 10.0. The van der Waals surface area contributed by atoms with Crippen LogP contribution in [0.3, 0.4) is 0 Å². The van der Waals surface area contributed by atoms with E-state index in [1.165, 1.54) is 6.07 Å². The van der Waals surface area contributed by atoms with Crippen LogP contribution in [0.4, 0.5) is 13.2 Å². The molecule has 5 heteroatoms. The predicted octanol–water partition coefficient (Wildman–Crippen LogP) is 2.17. The van der Waals surface area contributed by atoms with Gasteiger partial charge in [-0.15, -0.1) is 0 Å². The lowest BCUT2D eigenvalue weighted by Crippen LogP contribution is -2.18. The van der Waals surface area contributed by atoms with Crippen molar-refractivity contribution in [3.63, 3.8) is 0 Å². The van der Waals surface area contributed by atoms with Crippen molar-refractivity contribution in [2.75, 3.05) is 0 Å². The number of nitrogens with one attached hydrogen (secondary N) is 1. The van der Waals surface area contributed by atoms with Crippen molar-refractivity contribution < 1.29 is 13.2 Å². The Hall–Kier alpha value is -1.52. The Labute approximate surface area is 79.0 Å². The summed E-state index contributed by atoms with van der Waals surface area (Å²) in [5, 5.41) is 6.98. The number of nitrogens with two attached hydrogens (primary N) is 1. The third-order valence-corrected chi connectivity index (χ3v) is 1.68. The van der Waals surface area contributed by atoms with Gasteiger partial charge in [0.15, 0.2) is 0 Å². The van der Waals surface area contributed by atoms with E-state index in [9.17, 15) is 13.2 Å². The zero-order chi connectivity index (χ0) is 10.9. The third-order valence-electron chi connectivity index (χ3n) is 1.68. The fraction of sp³-hybridized carbons (Fsp3) is 0.111. The molecule has 0 amide bonds. The van der Waals surface area contributed by atoms with Gasteiger partial charge in [0, 0.05) is 5.56 Å². The molecule has 1 rings (SSSR count). The summed E-state index contributed by atoms with van der Waals surface area (Å²) in [6.45, 7) is 3.38. The van der Waals surface area contributed by atoms with E-state index in [0.29, 0.717) is 0 Å². The summed E-state index contributed by atoms with van der Waals surface area (Å²) in [5.41, 5.74) is 4.03. The number of benzene rings is 1. The topological polar surface area (TPSA) is 49.9 Å². The number of hydrogen-bond donors (Lipinski definition) is 2. The molecule has 1 radical (unpaired) electrons. The minimum atomic E-state index is -4.51.